The molecule has 1 aromatic carbocycles. The minimum atomic E-state index is -0.256. The second kappa shape index (κ2) is 7.34. The molecule has 0 fully saturated rings. The number of benzene rings is 1. The fraction of sp³-hybridized carbons (Fsp3) is 0.571. The van der Waals surface area contributed by atoms with Crippen molar-refractivity contribution in [2.24, 2.45) is 5.92 Å². The van der Waals surface area contributed by atoms with E-state index in [2.05, 4.69) is 17.1 Å². The lowest BCUT2D eigenvalue weighted by Crippen LogP contribution is -2.29. The van der Waals surface area contributed by atoms with Gasteiger partial charge in [0.25, 0.3) is 0 Å². The second-order valence-electron chi connectivity index (χ2n) is 4.79. The highest BCUT2D eigenvalue weighted by Crippen LogP contribution is 2.21. The first kappa shape index (κ1) is 14.9. The van der Waals surface area contributed by atoms with Crippen LogP contribution in [0.2, 0.25) is 0 Å². The first-order valence-corrected chi connectivity index (χ1v) is 6.23. The van der Waals surface area contributed by atoms with Crippen LogP contribution >= 0.6 is 0 Å². The lowest BCUT2D eigenvalue weighted by Gasteiger charge is -2.21. The molecule has 18 heavy (non-hydrogen) atoms. The lowest BCUT2D eigenvalue weighted by molar-refractivity contribution is 0.271. The zero-order valence-corrected chi connectivity index (χ0v) is 11.7. The smallest absolute Gasteiger partial charge is 0.169 e. The molecule has 0 bridgehead atoms. The topological polar surface area (TPSA) is 24.5 Å². The Morgan fingerprint density at radius 2 is 2.17 bits per heavy atom. The maximum atomic E-state index is 14.0. The monoisotopic (exact) mass is 254 g/mol. The molecule has 0 saturated carbocycles. The molecule has 0 radical (unpaired) electrons. The van der Waals surface area contributed by atoms with E-state index in [-0.39, 0.29) is 5.82 Å². The van der Waals surface area contributed by atoms with Crippen molar-refractivity contribution in [2.75, 3.05) is 34.3 Å². The molecule has 1 aromatic rings. The molecule has 0 aliphatic rings. The zero-order chi connectivity index (χ0) is 13.5. The molecule has 0 spiro atoms. The van der Waals surface area contributed by atoms with E-state index in [1.54, 1.807) is 12.1 Å². The van der Waals surface area contributed by atoms with Gasteiger partial charge in [-0.3, -0.25) is 0 Å². The van der Waals surface area contributed by atoms with E-state index in [1.807, 2.05) is 20.2 Å². The Labute approximate surface area is 109 Å². The van der Waals surface area contributed by atoms with Gasteiger partial charge in [0.1, 0.15) is 0 Å². The number of ether oxygens (including phenoxy) is 1. The zero-order valence-electron chi connectivity index (χ0n) is 11.7. The van der Waals surface area contributed by atoms with E-state index in [4.69, 9.17) is 4.74 Å². The van der Waals surface area contributed by atoms with Gasteiger partial charge < -0.3 is 15.0 Å². The van der Waals surface area contributed by atoms with Crippen molar-refractivity contribution in [1.82, 2.24) is 10.2 Å². The summed E-state index contributed by atoms with van der Waals surface area (Å²) in [5, 5.41) is 3.15. The van der Waals surface area contributed by atoms with Gasteiger partial charge >= 0.3 is 0 Å². The van der Waals surface area contributed by atoms with Crippen LogP contribution in [0.3, 0.4) is 0 Å². The number of methoxy groups -OCH3 is 1. The van der Waals surface area contributed by atoms with Crippen LogP contribution in [0.1, 0.15) is 12.5 Å². The molecule has 102 valence electrons. The quantitative estimate of drug-likeness (QED) is 0.806. The third-order valence-electron chi connectivity index (χ3n) is 2.88. The van der Waals surface area contributed by atoms with Crippen LogP contribution in [0.4, 0.5) is 4.39 Å². The van der Waals surface area contributed by atoms with Crippen molar-refractivity contribution in [3.8, 4) is 5.75 Å². The Hall–Kier alpha value is -1.13. The van der Waals surface area contributed by atoms with Crippen LogP contribution in [-0.4, -0.2) is 39.2 Å². The molecule has 1 N–H and O–H groups in total. The Balaban J connectivity index is 2.61. The van der Waals surface area contributed by atoms with E-state index in [1.165, 1.54) is 7.11 Å². The highest BCUT2D eigenvalue weighted by Gasteiger charge is 2.11. The summed E-state index contributed by atoms with van der Waals surface area (Å²) in [5.41, 5.74) is 0.675. The van der Waals surface area contributed by atoms with E-state index in [0.29, 0.717) is 23.8 Å². The summed E-state index contributed by atoms with van der Waals surface area (Å²) in [7, 11) is 5.43. The molecule has 0 saturated heterocycles. The standard InChI is InChI=1S/C14H23FN2O/c1-11(8-16-2)9-17(3)10-12-6-5-7-13(18-4)14(12)15/h5-7,11,16H,8-10H2,1-4H3. The maximum absolute atomic E-state index is 14.0. The van der Waals surface area contributed by atoms with Crippen LogP contribution in [0.5, 0.6) is 5.75 Å². The van der Waals surface area contributed by atoms with Gasteiger partial charge in [0.2, 0.25) is 0 Å². The molecular formula is C14H23FN2O. The molecular weight excluding hydrogens is 231 g/mol. The van der Waals surface area contributed by atoms with Crippen LogP contribution in [0.25, 0.3) is 0 Å². The molecule has 0 aromatic heterocycles. The number of hydrogen-bond donors (Lipinski definition) is 1. The summed E-state index contributed by atoms with van der Waals surface area (Å²) in [4.78, 5) is 2.12. The normalized spacial score (nSPS) is 12.8. The molecule has 0 amide bonds. The van der Waals surface area contributed by atoms with Crippen LogP contribution in [-0.2, 0) is 6.54 Å². The number of hydrogen-bond acceptors (Lipinski definition) is 3. The lowest BCUT2D eigenvalue weighted by atomic mass is 10.1. The van der Waals surface area contributed by atoms with Gasteiger partial charge in [-0.1, -0.05) is 19.1 Å². The molecule has 1 unspecified atom stereocenters. The van der Waals surface area contributed by atoms with Crippen LogP contribution in [0, 0.1) is 11.7 Å². The largest absolute Gasteiger partial charge is 0.494 e. The molecule has 0 aliphatic carbocycles. The number of halogens is 1. The average molecular weight is 254 g/mol. The third kappa shape index (κ3) is 4.27. The predicted molar refractivity (Wildman–Crippen MR) is 72.4 cm³/mol. The highest BCUT2D eigenvalue weighted by atomic mass is 19.1. The number of rotatable bonds is 7. The summed E-state index contributed by atoms with van der Waals surface area (Å²) in [6.07, 6.45) is 0. The summed E-state index contributed by atoms with van der Waals surface area (Å²) >= 11 is 0. The van der Waals surface area contributed by atoms with Gasteiger partial charge in [-0.15, -0.1) is 0 Å². The summed E-state index contributed by atoms with van der Waals surface area (Å²) < 4.78 is 18.9. The molecule has 0 aliphatic heterocycles. The highest BCUT2D eigenvalue weighted by molar-refractivity contribution is 5.30. The van der Waals surface area contributed by atoms with Gasteiger partial charge in [0.05, 0.1) is 7.11 Å². The fourth-order valence-corrected chi connectivity index (χ4v) is 2.14. The van der Waals surface area contributed by atoms with Crippen LogP contribution in [0.15, 0.2) is 18.2 Å². The molecule has 1 atom stereocenters. The molecule has 3 nitrogen and oxygen atoms in total. The minimum Gasteiger partial charge on any atom is -0.494 e. The van der Waals surface area contributed by atoms with E-state index >= 15 is 0 Å². The molecule has 0 heterocycles. The second-order valence-corrected chi connectivity index (χ2v) is 4.79. The van der Waals surface area contributed by atoms with Crippen molar-refractivity contribution in [1.29, 1.82) is 0 Å². The Morgan fingerprint density at radius 1 is 1.44 bits per heavy atom. The Morgan fingerprint density at radius 3 is 2.78 bits per heavy atom. The summed E-state index contributed by atoms with van der Waals surface area (Å²) in [5.74, 6) is 0.589. The number of nitrogens with zero attached hydrogens (tertiary/aromatic N) is 1. The average Bonchev–Trinajstić information content (AvgIpc) is 2.32. The van der Waals surface area contributed by atoms with Gasteiger partial charge in [0, 0.05) is 18.7 Å². The SMILES string of the molecule is CNCC(C)CN(C)Cc1cccc(OC)c1F. The predicted octanol–water partition coefficient (Wildman–Crippen LogP) is 2.12. The van der Waals surface area contributed by atoms with Gasteiger partial charge in [0.15, 0.2) is 11.6 Å². The van der Waals surface area contributed by atoms with Crippen molar-refractivity contribution < 1.29 is 9.13 Å². The Bertz CT molecular complexity index is 371. The minimum absolute atomic E-state index is 0.256. The summed E-state index contributed by atoms with van der Waals surface area (Å²) in [6.45, 7) is 4.66. The maximum Gasteiger partial charge on any atom is 0.169 e. The fourth-order valence-electron chi connectivity index (χ4n) is 2.14. The van der Waals surface area contributed by atoms with Gasteiger partial charge in [-0.2, -0.15) is 0 Å². The third-order valence-corrected chi connectivity index (χ3v) is 2.88. The van der Waals surface area contributed by atoms with Crippen molar-refractivity contribution >= 4 is 0 Å². The summed E-state index contributed by atoms with van der Waals surface area (Å²) in [6, 6.07) is 5.27. The van der Waals surface area contributed by atoms with E-state index in [0.717, 1.165) is 13.1 Å². The first-order valence-electron chi connectivity index (χ1n) is 6.23. The number of nitrogens with one attached hydrogen (secondary N) is 1. The van der Waals surface area contributed by atoms with Crippen molar-refractivity contribution in [3.63, 3.8) is 0 Å². The van der Waals surface area contributed by atoms with E-state index < -0.39 is 0 Å². The molecule has 1 rings (SSSR count). The van der Waals surface area contributed by atoms with Crippen molar-refractivity contribution in [3.05, 3.63) is 29.6 Å². The Kier molecular flexibility index (Phi) is 6.09. The van der Waals surface area contributed by atoms with Crippen LogP contribution < -0.4 is 10.1 Å². The van der Waals surface area contributed by atoms with Gasteiger partial charge in [-0.05, 0) is 32.6 Å². The van der Waals surface area contributed by atoms with Crippen molar-refractivity contribution in [2.45, 2.75) is 13.5 Å². The first-order chi connectivity index (χ1) is 8.58. The van der Waals surface area contributed by atoms with E-state index in [9.17, 15) is 4.39 Å². The van der Waals surface area contributed by atoms with Gasteiger partial charge in [-0.25, -0.2) is 4.39 Å². The molecule has 4 heteroatoms.